The van der Waals surface area contributed by atoms with Crippen LogP contribution in [0.25, 0.3) is 22.5 Å². The molecule has 4 aromatic rings. The summed E-state index contributed by atoms with van der Waals surface area (Å²) in [7, 11) is 1.85. The topological polar surface area (TPSA) is 118 Å². The Morgan fingerprint density at radius 2 is 1.97 bits per heavy atom. The molecule has 4 heterocycles. The number of hydrogen-bond acceptors (Lipinski definition) is 7. The molecule has 9 nitrogen and oxygen atoms in total. The van der Waals surface area contributed by atoms with Gasteiger partial charge in [-0.25, -0.2) is 4.98 Å². The number of nitriles is 1. The van der Waals surface area contributed by atoms with Gasteiger partial charge in [-0.3, -0.25) is 19.5 Å². The van der Waals surface area contributed by atoms with Gasteiger partial charge in [-0.2, -0.15) is 5.26 Å². The molecule has 0 spiro atoms. The molecule has 35 heavy (non-hydrogen) atoms. The van der Waals surface area contributed by atoms with Gasteiger partial charge in [0.15, 0.2) is 12.1 Å². The van der Waals surface area contributed by atoms with Crippen LogP contribution in [0, 0.1) is 11.3 Å². The van der Waals surface area contributed by atoms with Crippen molar-refractivity contribution in [3.8, 4) is 28.6 Å². The molecule has 0 atom stereocenters. The summed E-state index contributed by atoms with van der Waals surface area (Å²) < 4.78 is 1.81. The average molecular weight is 461 g/mol. The third-order valence-corrected chi connectivity index (χ3v) is 6.45. The molecule has 0 bridgehead atoms. The van der Waals surface area contributed by atoms with Gasteiger partial charge in [0.25, 0.3) is 5.91 Å². The Kier molecular flexibility index (Phi) is 4.74. The number of aldehydes is 1. The Bertz CT molecular complexity index is 1560. The molecule has 0 saturated heterocycles. The van der Waals surface area contributed by atoms with Crippen molar-refractivity contribution in [1.82, 2.24) is 24.7 Å². The Morgan fingerprint density at radius 3 is 2.69 bits per heavy atom. The zero-order valence-corrected chi connectivity index (χ0v) is 18.8. The van der Waals surface area contributed by atoms with Crippen molar-refractivity contribution in [3.05, 3.63) is 77.0 Å². The van der Waals surface area contributed by atoms with Gasteiger partial charge in [-0.05, 0) is 54.3 Å². The first-order valence-electron chi connectivity index (χ1n) is 11.2. The van der Waals surface area contributed by atoms with E-state index in [0.717, 1.165) is 40.8 Å². The lowest BCUT2D eigenvalue weighted by Gasteiger charge is -2.18. The molecule has 1 saturated carbocycles. The van der Waals surface area contributed by atoms with Crippen molar-refractivity contribution in [3.63, 3.8) is 0 Å². The Hall–Kier alpha value is -4.71. The molecular formula is C26H19N7O2. The van der Waals surface area contributed by atoms with Crippen LogP contribution < -0.4 is 4.90 Å². The first kappa shape index (κ1) is 20.9. The third kappa shape index (κ3) is 3.56. The van der Waals surface area contributed by atoms with Crippen LogP contribution in [0.1, 0.15) is 56.4 Å². The van der Waals surface area contributed by atoms with E-state index in [1.165, 1.54) is 6.07 Å². The predicted molar refractivity (Wildman–Crippen MR) is 126 cm³/mol. The van der Waals surface area contributed by atoms with Crippen molar-refractivity contribution < 1.29 is 9.59 Å². The van der Waals surface area contributed by atoms with Crippen LogP contribution in [0.4, 0.5) is 5.82 Å². The number of amides is 1. The maximum absolute atomic E-state index is 13.3. The minimum absolute atomic E-state index is 0.203. The highest BCUT2D eigenvalue weighted by molar-refractivity contribution is 6.10. The van der Waals surface area contributed by atoms with Gasteiger partial charge in [0.2, 0.25) is 0 Å². The SMILES string of the molecule is Cn1cnnc1-c1cc(C#N)ccc1-c1cc(C2CC2)nc(N2Cc3cnc(C=O)cc3C2=O)c1. The molecule has 0 radical (unpaired) electrons. The largest absolute Gasteiger partial charge is 0.317 e. The maximum atomic E-state index is 13.3. The summed E-state index contributed by atoms with van der Waals surface area (Å²) in [5.41, 5.74) is 5.45. The van der Waals surface area contributed by atoms with E-state index in [9.17, 15) is 14.9 Å². The average Bonchev–Trinajstić information content (AvgIpc) is 3.58. The van der Waals surface area contributed by atoms with Crippen LogP contribution >= 0.6 is 0 Å². The molecule has 1 aliphatic carbocycles. The Balaban J connectivity index is 1.49. The molecular weight excluding hydrogens is 442 g/mol. The number of nitrogens with zero attached hydrogens (tertiary/aromatic N) is 7. The summed E-state index contributed by atoms with van der Waals surface area (Å²) >= 11 is 0. The molecule has 0 unspecified atom stereocenters. The fraction of sp³-hybridized carbons (Fsp3) is 0.192. The summed E-state index contributed by atoms with van der Waals surface area (Å²) in [5, 5.41) is 17.7. The van der Waals surface area contributed by atoms with Crippen molar-refractivity contribution in [2.75, 3.05) is 4.90 Å². The molecule has 0 N–H and O–H groups in total. The van der Waals surface area contributed by atoms with Gasteiger partial charge in [0, 0.05) is 41.5 Å². The highest BCUT2D eigenvalue weighted by Gasteiger charge is 2.32. The number of aromatic nitrogens is 5. The normalized spacial score (nSPS) is 14.6. The first-order valence-corrected chi connectivity index (χ1v) is 11.2. The van der Waals surface area contributed by atoms with Gasteiger partial charge >= 0.3 is 0 Å². The van der Waals surface area contributed by atoms with Crippen LogP contribution in [0.2, 0.25) is 0 Å². The first-order chi connectivity index (χ1) is 17.1. The van der Waals surface area contributed by atoms with Crippen molar-refractivity contribution >= 4 is 18.0 Å². The van der Waals surface area contributed by atoms with E-state index in [0.29, 0.717) is 41.5 Å². The number of fused-ring (bicyclic) bond motifs is 1. The molecule has 1 amide bonds. The van der Waals surface area contributed by atoms with E-state index in [1.807, 2.05) is 23.7 Å². The minimum atomic E-state index is -0.203. The van der Waals surface area contributed by atoms with Crippen molar-refractivity contribution in [2.24, 2.45) is 7.05 Å². The standard InChI is InChI=1S/C26H19N7O2/c1-32-14-29-31-25(32)22-6-15(10-27)2-5-20(22)17-7-23(16-3-4-16)30-24(8-17)33-12-18-11-28-19(13-34)9-21(18)26(33)35/h2,5-9,11,13-14,16H,3-4,12H2,1H3. The van der Waals surface area contributed by atoms with Crippen LogP contribution in [0.5, 0.6) is 0 Å². The van der Waals surface area contributed by atoms with Crippen molar-refractivity contribution in [2.45, 2.75) is 25.3 Å². The van der Waals surface area contributed by atoms with Gasteiger partial charge in [-0.15, -0.1) is 10.2 Å². The minimum Gasteiger partial charge on any atom is -0.317 e. The Labute approximate surface area is 200 Å². The summed E-state index contributed by atoms with van der Waals surface area (Å²) in [6, 6.07) is 13.2. The molecule has 6 rings (SSSR count). The monoisotopic (exact) mass is 461 g/mol. The van der Waals surface area contributed by atoms with Gasteiger partial charge in [0.1, 0.15) is 17.8 Å². The van der Waals surface area contributed by atoms with Crippen molar-refractivity contribution in [1.29, 1.82) is 5.26 Å². The molecule has 1 fully saturated rings. The summed E-state index contributed by atoms with van der Waals surface area (Å²) in [6.45, 7) is 0.338. The lowest BCUT2D eigenvalue weighted by Crippen LogP contribution is -2.24. The summed E-state index contributed by atoms with van der Waals surface area (Å²) in [4.78, 5) is 35.0. The van der Waals surface area contributed by atoms with Crippen LogP contribution in [-0.2, 0) is 13.6 Å². The molecule has 3 aromatic heterocycles. The zero-order chi connectivity index (χ0) is 24.1. The lowest BCUT2D eigenvalue weighted by atomic mass is 9.96. The van der Waals surface area contributed by atoms with E-state index in [-0.39, 0.29) is 11.6 Å². The number of aryl methyl sites for hydroxylation is 1. The summed E-state index contributed by atoms with van der Waals surface area (Å²) in [6.07, 6.45) is 5.95. The number of benzene rings is 1. The fourth-order valence-corrected chi connectivity index (χ4v) is 4.46. The number of carbonyl (C=O) groups is 2. The molecule has 2 aliphatic rings. The number of hydrogen-bond donors (Lipinski definition) is 0. The van der Waals surface area contributed by atoms with Crippen LogP contribution in [0.3, 0.4) is 0 Å². The molecule has 9 heteroatoms. The Morgan fingerprint density at radius 1 is 1.11 bits per heavy atom. The lowest BCUT2D eigenvalue weighted by molar-refractivity contribution is 0.0996. The molecule has 170 valence electrons. The van der Waals surface area contributed by atoms with Crippen LogP contribution in [0.15, 0.2) is 48.9 Å². The summed E-state index contributed by atoms with van der Waals surface area (Å²) in [5.74, 6) is 1.34. The van der Waals surface area contributed by atoms with E-state index < -0.39 is 0 Å². The third-order valence-electron chi connectivity index (χ3n) is 6.45. The zero-order valence-electron chi connectivity index (χ0n) is 18.8. The van der Waals surface area contributed by atoms with Gasteiger partial charge in [-0.1, -0.05) is 6.07 Å². The number of pyridine rings is 2. The maximum Gasteiger partial charge on any atom is 0.260 e. The van der Waals surface area contributed by atoms with Gasteiger partial charge in [0.05, 0.1) is 18.2 Å². The highest BCUT2D eigenvalue weighted by Crippen LogP contribution is 2.43. The fourth-order valence-electron chi connectivity index (χ4n) is 4.46. The number of anilines is 1. The van der Waals surface area contributed by atoms with E-state index >= 15 is 0 Å². The van der Waals surface area contributed by atoms with Gasteiger partial charge < -0.3 is 4.57 Å². The number of rotatable bonds is 5. The quantitative estimate of drug-likeness (QED) is 0.416. The molecule has 1 aromatic carbocycles. The second-order valence-electron chi connectivity index (χ2n) is 8.83. The number of carbonyl (C=O) groups excluding carboxylic acids is 2. The second kappa shape index (κ2) is 7.95. The highest BCUT2D eigenvalue weighted by atomic mass is 16.2. The van der Waals surface area contributed by atoms with Crippen LogP contribution in [-0.4, -0.2) is 36.9 Å². The smallest absolute Gasteiger partial charge is 0.260 e. The second-order valence-corrected chi connectivity index (χ2v) is 8.83. The van der Waals surface area contributed by atoms with E-state index in [1.54, 1.807) is 29.6 Å². The van der Waals surface area contributed by atoms with E-state index in [4.69, 9.17) is 4.98 Å². The van der Waals surface area contributed by atoms with E-state index in [2.05, 4.69) is 27.3 Å². The molecule has 1 aliphatic heterocycles. The predicted octanol–water partition coefficient (Wildman–Crippen LogP) is 3.66.